The van der Waals surface area contributed by atoms with E-state index in [-0.39, 0.29) is 17.7 Å². The summed E-state index contributed by atoms with van der Waals surface area (Å²) in [7, 11) is -1.15. The first-order chi connectivity index (χ1) is 21.0. The van der Waals surface area contributed by atoms with Crippen LogP contribution in [0.2, 0.25) is 0 Å². The number of fused-ring (bicyclic) bond motifs is 1. The van der Waals surface area contributed by atoms with Crippen molar-refractivity contribution in [1.82, 2.24) is 33.6 Å². The lowest BCUT2D eigenvalue weighted by Gasteiger charge is -2.32. The summed E-state index contributed by atoms with van der Waals surface area (Å²) in [4.78, 5) is 30.5. The molecular weight excluding hydrogens is 644 g/mol. The topological polar surface area (TPSA) is 119 Å². The molecule has 13 heteroatoms. The standard InChI is InChI=1S/C31H39BrN8O3S/c1-6-44(42,43)39-10-9-23(18-39)34-27-25(32)17-33-30-28(27)35-29(36-30)24-15-20(3)40(21(24)4)26-16-22(8-7-19(26)2)31(41)38-13-11-37(5)12-14-38/h7-8,15-17,23H,6,9-14,18H2,1-5H3,(H2,33,34,35,36). The van der Waals surface area contributed by atoms with Crippen LogP contribution in [0.1, 0.15) is 40.7 Å². The van der Waals surface area contributed by atoms with Gasteiger partial charge in [0, 0.05) is 79.7 Å². The lowest BCUT2D eigenvalue weighted by Crippen LogP contribution is -2.47. The average Bonchev–Trinajstić information content (AvgIpc) is 3.73. The lowest BCUT2D eigenvalue weighted by atomic mass is 10.1. The van der Waals surface area contributed by atoms with Crippen molar-refractivity contribution in [1.29, 1.82) is 0 Å². The summed E-state index contributed by atoms with van der Waals surface area (Å²) in [5.41, 5.74) is 7.85. The Morgan fingerprint density at radius 2 is 1.86 bits per heavy atom. The zero-order chi connectivity index (χ0) is 31.3. The second kappa shape index (κ2) is 11.9. The first-order valence-electron chi connectivity index (χ1n) is 15.0. The predicted octanol–water partition coefficient (Wildman–Crippen LogP) is 4.33. The molecule has 5 heterocycles. The molecule has 44 heavy (non-hydrogen) atoms. The van der Waals surface area contributed by atoms with Crippen molar-refractivity contribution in [3.05, 3.63) is 57.4 Å². The van der Waals surface area contributed by atoms with Crippen LogP contribution in [-0.2, 0) is 10.0 Å². The normalized spacial score (nSPS) is 18.4. The molecule has 2 aliphatic heterocycles. The Morgan fingerprint density at radius 1 is 1.11 bits per heavy atom. The Hall–Kier alpha value is -3.26. The molecule has 2 aliphatic rings. The molecule has 1 atom stereocenters. The number of hydrogen-bond donors (Lipinski definition) is 2. The Balaban J connectivity index is 1.31. The van der Waals surface area contributed by atoms with Crippen molar-refractivity contribution < 1.29 is 13.2 Å². The summed E-state index contributed by atoms with van der Waals surface area (Å²) in [6.07, 6.45) is 2.44. The van der Waals surface area contributed by atoms with Crippen LogP contribution in [0.15, 0.2) is 34.9 Å². The minimum Gasteiger partial charge on any atom is -0.378 e. The van der Waals surface area contributed by atoms with Crippen LogP contribution < -0.4 is 5.32 Å². The summed E-state index contributed by atoms with van der Waals surface area (Å²) in [6.45, 7) is 12.0. The van der Waals surface area contributed by atoms with E-state index in [0.717, 1.165) is 70.1 Å². The van der Waals surface area contributed by atoms with Crippen LogP contribution in [0.25, 0.3) is 28.2 Å². The van der Waals surface area contributed by atoms with Gasteiger partial charge in [-0.3, -0.25) is 4.79 Å². The maximum Gasteiger partial charge on any atom is 0.254 e. The van der Waals surface area contributed by atoms with Gasteiger partial charge in [0.05, 0.1) is 15.9 Å². The quantitative estimate of drug-likeness (QED) is 0.298. The summed E-state index contributed by atoms with van der Waals surface area (Å²) in [6, 6.07) is 8.02. The van der Waals surface area contributed by atoms with E-state index in [1.165, 1.54) is 0 Å². The van der Waals surface area contributed by atoms with E-state index in [9.17, 15) is 13.2 Å². The number of piperazine rings is 1. The molecule has 6 rings (SSSR count). The van der Waals surface area contributed by atoms with Crippen molar-refractivity contribution >= 4 is 48.7 Å². The Labute approximate surface area is 266 Å². The number of halogens is 1. The summed E-state index contributed by atoms with van der Waals surface area (Å²) in [5, 5.41) is 3.55. The highest BCUT2D eigenvalue weighted by molar-refractivity contribution is 9.10. The highest BCUT2D eigenvalue weighted by Gasteiger charge is 2.31. The number of rotatable bonds is 7. The number of aryl methyl sites for hydroxylation is 2. The molecule has 0 radical (unpaired) electrons. The van der Waals surface area contributed by atoms with Crippen LogP contribution in [0, 0.1) is 20.8 Å². The third-order valence-electron chi connectivity index (χ3n) is 8.91. The first-order valence-corrected chi connectivity index (χ1v) is 17.4. The minimum absolute atomic E-state index is 0.0288. The molecule has 3 aromatic heterocycles. The van der Waals surface area contributed by atoms with Crippen LogP contribution in [0.5, 0.6) is 0 Å². The molecule has 2 fully saturated rings. The smallest absolute Gasteiger partial charge is 0.254 e. The van der Waals surface area contributed by atoms with E-state index in [4.69, 9.17) is 4.98 Å². The molecule has 234 valence electrons. The van der Waals surface area contributed by atoms with Crippen LogP contribution in [-0.4, -0.2) is 106 Å². The zero-order valence-electron chi connectivity index (χ0n) is 25.8. The molecule has 11 nitrogen and oxygen atoms in total. The largest absolute Gasteiger partial charge is 0.378 e. The van der Waals surface area contributed by atoms with Crippen molar-refractivity contribution in [2.45, 2.75) is 40.2 Å². The summed E-state index contributed by atoms with van der Waals surface area (Å²) < 4.78 is 29.3. The van der Waals surface area contributed by atoms with Gasteiger partial charge >= 0.3 is 0 Å². The second-order valence-corrected chi connectivity index (χ2v) is 15.0. The number of anilines is 1. The fourth-order valence-electron chi connectivity index (χ4n) is 6.24. The molecule has 0 saturated carbocycles. The van der Waals surface area contributed by atoms with Gasteiger partial charge in [-0.2, -0.15) is 4.31 Å². The number of amides is 1. The van der Waals surface area contributed by atoms with Gasteiger partial charge in [-0.15, -0.1) is 0 Å². The van der Waals surface area contributed by atoms with E-state index >= 15 is 0 Å². The molecule has 2 saturated heterocycles. The number of nitrogens with one attached hydrogen (secondary N) is 2. The number of nitrogens with zero attached hydrogens (tertiary/aromatic N) is 6. The van der Waals surface area contributed by atoms with Gasteiger partial charge < -0.3 is 24.7 Å². The van der Waals surface area contributed by atoms with Crippen LogP contribution in [0.3, 0.4) is 0 Å². The molecule has 0 spiro atoms. The number of carbonyl (C=O) groups excluding carboxylic acids is 1. The minimum atomic E-state index is -3.23. The fraction of sp³-hybridized carbons (Fsp3) is 0.452. The van der Waals surface area contributed by atoms with Crippen molar-refractivity contribution in [3.63, 3.8) is 0 Å². The highest BCUT2D eigenvalue weighted by Crippen LogP contribution is 2.35. The molecule has 4 aromatic rings. The van der Waals surface area contributed by atoms with Gasteiger partial charge in [-0.1, -0.05) is 6.07 Å². The number of aromatic amines is 1. The lowest BCUT2D eigenvalue weighted by molar-refractivity contribution is 0.0664. The highest BCUT2D eigenvalue weighted by atomic mass is 79.9. The van der Waals surface area contributed by atoms with Gasteiger partial charge in [-0.05, 0) is 80.9 Å². The molecular formula is C31H39BrN8O3S. The van der Waals surface area contributed by atoms with Crippen LogP contribution in [0.4, 0.5) is 5.69 Å². The molecule has 2 N–H and O–H groups in total. The Kier molecular flexibility index (Phi) is 8.33. The Bertz CT molecular complexity index is 1840. The van der Waals surface area contributed by atoms with Gasteiger partial charge in [0.15, 0.2) is 5.65 Å². The van der Waals surface area contributed by atoms with Crippen molar-refractivity contribution in [2.24, 2.45) is 0 Å². The number of pyridine rings is 1. The molecule has 1 aromatic carbocycles. The van der Waals surface area contributed by atoms with E-state index in [0.29, 0.717) is 36.5 Å². The monoisotopic (exact) mass is 682 g/mol. The van der Waals surface area contributed by atoms with E-state index in [1.807, 2.05) is 23.1 Å². The number of aromatic nitrogens is 4. The third-order valence-corrected chi connectivity index (χ3v) is 11.4. The average molecular weight is 684 g/mol. The zero-order valence-corrected chi connectivity index (χ0v) is 28.2. The van der Waals surface area contributed by atoms with Gasteiger partial charge in [0.1, 0.15) is 11.3 Å². The Morgan fingerprint density at radius 3 is 2.59 bits per heavy atom. The molecule has 1 amide bonds. The van der Waals surface area contributed by atoms with Crippen molar-refractivity contribution in [3.8, 4) is 17.1 Å². The summed E-state index contributed by atoms with van der Waals surface area (Å²) >= 11 is 3.64. The maximum absolute atomic E-state index is 13.4. The van der Waals surface area contributed by atoms with Gasteiger partial charge in [0.25, 0.3) is 5.91 Å². The molecule has 0 aliphatic carbocycles. The third kappa shape index (κ3) is 5.66. The number of H-pyrrole nitrogens is 1. The number of carbonyl (C=O) groups is 1. The van der Waals surface area contributed by atoms with E-state index < -0.39 is 10.0 Å². The predicted molar refractivity (Wildman–Crippen MR) is 177 cm³/mol. The van der Waals surface area contributed by atoms with Gasteiger partial charge in [-0.25, -0.2) is 18.4 Å². The summed E-state index contributed by atoms with van der Waals surface area (Å²) in [5.74, 6) is 0.854. The number of sulfonamides is 1. The van der Waals surface area contributed by atoms with Crippen LogP contribution >= 0.6 is 15.9 Å². The number of hydrogen-bond acceptors (Lipinski definition) is 7. The number of imidazole rings is 1. The van der Waals surface area contributed by atoms with Gasteiger partial charge in [0.2, 0.25) is 10.0 Å². The maximum atomic E-state index is 13.4. The van der Waals surface area contributed by atoms with E-state index in [1.54, 1.807) is 17.4 Å². The fourth-order valence-corrected chi connectivity index (χ4v) is 7.81. The second-order valence-electron chi connectivity index (χ2n) is 11.9. The SMILES string of the molecule is CCS(=O)(=O)N1CCC(Nc2c(Br)cnc3nc(-c4cc(C)n(-c5cc(C(=O)N6CCN(C)CC6)ccc5C)c4C)[nH]c23)C1. The molecule has 0 bridgehead atoms. The molecule has 1 unspecified atom stereocenters. The van der Waals surface area contributed by atoms with Crippen molar-refractivity contribution in [2.75, 3.05) is 57.4 Å². The number of likely N-dealkylation sites (N-methyl/N-ethyl adjacent to an activating group) is 1. The van der Waals surface area contributed by atoms with E-state index in [2.05, 4.69) is 74.6 Å². The first kappa shape index (κ1) is 30.8. The number of benzene rings is 1.